The largest absolute Gasteiger partial charge is 0.481 e. The van der Waals surface area contributed by atoms with E-state index in [1.807, 2.05) is 13.0 Å². The fraction of sp³-hybridized carbons (Fsp3) is 0.357. The van der Waals surface area contributed by atoms with Gasteiger partial charge in [0.2, 0.25) is 5.91 Å². The van der Waals surface area contributed by atoms with Crippen LogP contribution in [0.1, 0.15) is 5.56 Å². The maximum Gasteiger partial charge on any atom is 0.310 e. The van der Waals surface area contributed by atoms with E-state index in [-0.39, 0.29) is 5.91 Å². The van der Waals surface area contributed by atoms with Gasteiger partial charge < -0.3 is 15.2 Å². The Morgan fingerprint density at radius 2 is 1.95 bits per heavy atom. The molecule has 1 aromatic heterocycles. The molecule has 1 amide bonds. The second-order valence-corrected chi connectivity index (χ2v) is 5.05. The van der Waals surface area contributed by atoms with E-state index in [4.69, 9.17) is 4.74 Å². The van der Waals surface area contributed by atoms with Crippen molar-refractivity contribution in [3.8, 4) is 0 Å². The van der Waals surface area contributed by atoms with Crippen LogP contribution in [0.3, 0.4) is 0 Å². The number of carbonyl (C=O) groups excluding carboxylic acids is 1. The van der Waals surface area contributed by atoms with Crippen LogP contribution in [0.4, 0.5) is 5.82 Å². The summed E-state index contributed by atoms with van der Waals surface area (Å²) >= 11 is 0. The molecule has 104 valence electrons. The number of carboxylic acids is 1. The van der Waals surface area contributed by atoms with Crippen molar-refractivity contribution in [2.45, 2.75) is 19.1 Å². The summed E-state index contributed by atoms with van der Waals surface area (Å²) in [4.78, 5) is 27.7. The Bertz CT molecular complexity index is 581. The molecule has 1 fully saturated rings. The van der Waals surface area contributed by atoms with Crippen molar-refractivity contribution >= 4 is 17.7 Å². The van der Waals surface area contributed by atoms with Crippen LogP contribution in [-0.4, -0.2) is 34.2 Å². The summed E-state index contributed by atoms with van der Waals surface area (Å²) in [6.45, 7) is 1.90. The lowest BCUT2D eigenvalue weighted by molar-refractivity contribution is -0.145. The van der Waals surface area contributed by atoms with Gasteiger partial charge in [0.05, 0.1) is 18.1 Å². The number of ether oxygens (including phenoxy) is 1. The average Bonchev–Trinajstić information content (AvgIpc) is 3.01. The summed E-state index contributed by atoms with van der Waals surface area (Å²) in [6, 6.07) is 3.52. The molecule has 0 unspecified atom stereocenters. The molecule has 2 aliphatic rings. The second kappa shape index (κ2) is 4.72. The van der Waals surface area contributed by atoms with Crippen LogP contribution in [0.2, 0.25) is 0 Å². The monoisotopic (exact) mass is 274 g/mol. The smallest absolute Gasteiger partial charge is 0.310 e. The Hall–Kier alpha value is -2.21. The summed E-state index contributed by atoms with van der Waals surface area (Å²) in [5.74, 6) is -2.53. The topological polar surface area (TPSA) is 88.5 Å². The van der Waals surface area contributed by atoms with Gasteiger partial charge in [-0.3, -0.25) is 9.59 Å². The third-order valence-electron chi connectivity index (χ3n) is 3.65. The molecule has 0 aliphatic carbocycles. The van der Waals surface area contributed by atoms with Crippen molar-refractivity contribution in [1.82, 2.24) is 4.98 Å². The van der Waals surface area contributed by atoms with Gasteiger partial charge in [0, 0.05) is 6.20 Å². The summed E-state index contributed by atoms with van der Waals surface area (Å²) < 4.78 is 5.46. The molecule has 2 aliphatic heterocycles. The molecule has 0 saturated carbocycles. The first-order chi connectivity index (χ1) is 9.56. The molecule has 2 bridgehead atoms. The summed E-state index contributed by atoms with van der Waals surface area (Å²) in [5.41, 5.74) is 0.984. The molecule has 1 saturated heterocycles. The Kier molecular flexibility index (Phi) is 3.02. The molecule has 4 atom stereocenters. The third-order valence-corrected chi connectivity index (χ3v) is 3.65. The van der Waals surface area contributed by atoms with Crippen LogP contribution in [0, 0.1) is 18.8 Å². The minimum absolute atomic E-state index is 0.370. The predicted octanol–water partition coefficient (Wildman–Crippen LogP) is 0.983. The SMILES string of the molecule is Cc1ccc(NC(=O)[C@H]2[C@@H](C(=O)O)[C@H]3C=C[C@H]2O3)nc1. The number of pyridine rings is 1. The lowest BCUT2D eigenvalue weighted by Gasteiger charge is -2.20. The molecule has 3 heterocycles. The number of amides is 1. The number of carboxylic acid groups (broad SMARTS) is 1. The van der Waals surface area contributed by atoms with Crippen molar-refractivity contribution in [1.29, 1.82) is 0 Å². The molecule has 0 aromatic carbocycles. The Balaban J connectivity index is 1.78. The first kappa shape index (κ1) is 12.8. The summed E-state index contributed by atoms with van der Waals surface area (Å²) in [5, 5.41) is 11.9. The highest BCUT2D eigenvalue weighted by Gasteiger charge is 2.53. The van der Waals surface area contributed by atoms with Crippen LogP contribution in [0.5, 0.6) is 0 Å². The molecule has 6 heteroatoms. The number of hydrogen-bond acceptors (Lipinski definition) is 4. The van der Waals surface area contributed by atoms with Crippen LogP contribution >= 0.6 is 0 Å². The number of rotatable bonds is 3. The molecule has 0 radical (unpaired) electrons. The maximum absolute atomic E-state index is 12.3. The molecule has 2 N–H and O–H groups in total. The molecule has 6 nitrogen and oxygen atoms in total. The number of nitrogens with one attached hydrogen (secondary N) is 1. The van der Waals surface area contributed by atoms with E-state index in [0.29, 0.717) is 5.82 Å². The molecular weight excluding hydrogens is 260 g/mol. The maximum atomic E-state index is 12.3. The number of nitrogens with zero attached hydrogens (tertiary/aromatic N) is 1. The van der Waals surface area contributed by atoms with E-state index in [2.05, 4.69) is 10.3 Å². The van der Waals surface area contributed by atoms with Gasteiger partial charge in [0.15, 0.2) is 0 Å². The van der Waals surface area contributed by atoms with Gasteiger partial charge in [-0.25, -0.2) is 4.98 Å². The van der Waals surface area contributed by atoms with E-state index in [9.17, 15) is 14.7 Å². The number of aryl methyl sites for hydroxylation is 1. The fourth-order valence-corrected chi connectivity index (χ4v) is 2.67. The number of hydrogen-bond donors (Lipinski definition) is 2. The number of aliphatic carboxylic acids is 1. The predicted molar refractivity (Wildman–Crippen MR) is 70.0 cm³/mol. The van der Waals surface area contributed by atoms with Gasteiger partial charge in [0.1, 0.15) is 11.7 Å². The fourth-order valence-electron chi connectivity index (χ4n) is 2.67. The summed E-state index contributed by atoms with van der Waals surface area (Å²) in [6.07, 6.45) is 4.11. The van der Waals surface area contributed by atoms with Crippen molar-refractivity contribution in [3.05, 3.63) is 36.0 Å². The highest BCUT2D eigenvalue weighted by atomic mass is 16.5. The number of aromatic nitrogens is 1. The summed E-state index contributed by atoms with van der Waals surface area (Å²) in [7, 11) is 0. The van der Waals surface area contributed by atoms with Crippen LogP contribution in [-0.2, 0) is 14.3 Å². The zero-order valence-corrected chi connectivity index (χ0v) is 10.8. The number of carbonyl (C=O) groups is 2. The van der Waals surface area contributed by atoms with Gasteiger partial charge in [-0.15, -0.1) is 0 Å². The first-order valence-corrected chi connectivity index (χ1v) is 6.36. The molecule has 3 rings (SSSR count). The molecule has 0 spiro atoms. The number of fused-ring (bicyclic) bond motifs is 2. The molecule has 20 heavy (non-hydrogen) atoms. The second-order valence-electron chi connectivity index (χ2n) is 5.05. The van der Waals surface area contributed by atoms with Gasteiger partial charge >= 0.3 is 5.97 Å². The highest BCUT2D eigenvalue weighted by Crippen LogP contribution is 2.39. The average molecular weight is 274 g/mol. The van der Waals surface area contributed by atoms with E-state index in [1.54, 1.807) is 24.4 Å². The quantitative estimate of drug-likeness (QED) is 0.802. The van der Waals surface area contributed by atoms with Gasteiger partial charge in [-0.1, -0.05) is 18.2 Å². The van der Waals surface area contributed by atoms with E-state index < -0.39 is 30.0 Å². The Morgan fingerprint density at radius 1 is 1.25 bits per heavy atom. The van der Waals surface area contributed by atoms with Gasteiger partial charge in [0.25, 0.3) is 0 Å². The van der Waals surface area contributed by atoms with Crippen LogP contribution in [0.25, 0.3) is 0 Å². The zero-order chi connectivity index (χ0) is 14.3. The lowest BCUT2D eigenvalue weighted by Crippen LogP contribution is -2.39. The van der Waals surface area contributed by atoms with Crippen molar-refractivity contribution in [3.63, 3.8) is 0 Å². The van der Waals surface area contributed by atoms with Gasteiger partial charge in [-0.2, -0.15) is 0 Å². The minimum Gasteiger partial charge on any atom is -0.481 e. The van der Waals surface area contributed by atoms with Gasteiger partial charge in [-0.05, 0) is 18.6 Å². The molecular formula is C14H14N2O4. The third kappa shape index (κ3) is 2.08. The standard InChI is InChI=1S/C14H14N2O4/c1-7-2-5-10(15-6-7)16-13(17)11-8-3-4-9(20-8)12(11)14(18)19/h2-6,8-9,11-12H,1H3,(H,18,19)(H,15,16,17)/t8-,9-,11-,12+/m1/s1. The van der Waals surface area contributed by atoms with E-state index in [1.165, 1.54) is 0 Å². The van der Waals surface area contributed by atoms with Crippen molar-refractivity contribution < 1.29 is 19.4 Å². The van der Waals surface area contributed by atoms with Crippen molar-refractivity contribution in [2.24, 2.45) is 11.8 Å². The van der Waals surface area contributed by atoms with E-state index >= 15 is 0 Å². The molecule has 1 aromatic rings. The first-order valence-electron chi connectivity index (χ1n) is 6.36. The normalized spacial score (nSPS) is 30.4. The zero-order valence-electron chi connectivity index (χ0n) is 10.8. The highest BCUT2D eigenvalue weighted by molar-refractivity contribution is 5.96. The lowest BCUT2D eigenvalue weighted by atomic mass is 9.82. The Labute approximate surface area is 115 Å². The Morgan fingerprint density at radius 3 is 2.55 bits per heavy atom. The van der Waals surface area contributed by atoms with Crippen LogP contribution < -0.4 is 5.32 Å². The number of anilines is 1. The minimum atomic E-state index is -1.01. The van der Waals surface area contributed by atoms with Crippen molar-refractivity contribution in [2.75, 3.05) is 5.32 Å². The van der Waals surface area contributed by atoms with Crippen LogP contribution in [0.15, 0.2) is 30.5 Å². The van der Waals surface area contributed by atoms with E-state index in [0.717, 1.165) is 5.56 Å².